The van der Waals surface area contributed by atoms with Crippen LogP contribution in [0, 0.1) is 5.92 Å². The molecule has 1 aromatic rings. The third-order valence-electron chi connectivity index (χ3n) is 4.17. The van der Waals surface area contributed by atoms with E-state index in [0.29, 0.717) is 24.5 Å². The van der Waals surface area contributed by atoms with Gasteiger partial charge in [-0.15, -0.1) is 0 Å². The molecule has 3 rings (SSSR count). The van der Waals surface area contributed by atoms with Gasteiger partial charge < -0.3 is 14.8 Å². The smallest absolute Gasteiger partial charge is 0.391 e. The number of nitrogens with one attached hydrogen (secondary N) is 1. The molecule has 1 saturated carbocycles. The summed E-state index contributed by atoms with van der Waals surface area (Å²) in [6, 6.07) is 5.54. The van der Waals surface area contributed by atoms with E-state index in [2.05, 4.69) is 5.32 Å². The number of halogens is 3. The van der Waals surface area contributed by atoms with Gasteiger partial charge in [0.2, 0.25) is 6.79 Å². The van der Waals surface area contributed by atoms with E-state index in [0.717, 1.165) is 12.0 Å². The first-order valence-corrected chi connectivity index (χ1v) is 7.21. The van der Waals surface area contributed by atoms with Gasteiger partial charge in [-0.05, 0) is 37.0 Å². The first-order valence-electron chi connectivity index (χ1n) is 7.21. The van der Waals surface area contributed by atoms with Crippen LogP contribution in [0.25, 0.3) is 0 Å². The highest BCUT2D eigenvalue weighted by Crippen LogP contribution is 2.37. The lowest BCUT2D eigenvalue weighted by atomic mass is 9.85. The lowest BCUT2D eigenvalue weighted by molar-refractivity contribution is -0.183. The summed E-state index contributed by atoms with van der Waals surface area (Å²) in [6.45, 7) is 0.772. The summed E-state index contributed by atoms with van der Waals surface area (Å²) in [4.78, 5) is 0. The van der Waals surface area contributed by atoms with Gasteiger partial charge in [-0.25, -0.2) is 0 Å². The predicted molar refractivity (Wildman–Crippen MR) is 71.2 cm³/mol. The van der Waals surface area contributed by atoms with Crippen molar-refractivity contribution >= 4 is 0 Å². The number of alkyl halides is 3. The van der Waals surface area contributed by atoms with E-state index in [-0.39, 0.29) is 25.7 Å². The second-order valence-corrected chi connectivity index (χ2v) is 5.67. The average molecular weight is 301 g/mol. The van der Waals surface area contributed by atoms with Crippen LogP contribution in [-0.2, 0) is 6.54 Å². The fraction of sp³-hybridized carbons (Fsp3) is 0.600. The Balaban J connectivity index is 1.55. The molecule has 2 aliphatic rings. The average Bonchev–Trinajstić information content (AvgIpc) is 2.92. The summed E-state index contributed by atoms with van der Waals surface area (Å²) in [7, 11) is 0. The Morgan fingerprint density at radius 1 is 1.14 bits per heavy atom. The molecular formula is C15H18F3NO2. The monoisotopic (exact) mass is 301 g/mol. The molecule has 6 heteroatoms. The van der Waals surface area contributed by atoms with Crippen molar-refractivity contribution in [2.75, 3.05) is 6.79 Å². The van der Waals surface area contributed by atoms with Crippen LogP contribution in [0.5, 0.6) is 11.5 Å². The maximum Gasteiger partial charge on any atom is 0.391 e. The zero-order valence-electron chi connectivity index (χ0n) is 11.6. The van der Waals surface area contributed by atoms with Crippen molar-refractivity contribution in [1.29, 1.82) is 0 Å². The number of ether oxygens (including phenoxy) is 2. The molecule has 1 heterocycles. The van der Waals surface area contributed by atoms with Crippen LogP contribution in [0.1, 0.15) is 31.2 Å². The second-order valence-electron chi connectivity index (χ2n) is 5.67. The van der Waals surface area contributed by atoms with Crippen LogP contribution in [0.15, 0.2) is 18.2 Å². The lowest BCUT2D eigenvalue weighted by Gasteiger charge is -2.31. The molecule has 0 saturated heterocycles. The lowest BCUT2D eigenvalue weighted by Crippen LogP contribution is -2.38. The Bertz CT molecular complexity index is 504. The predicted octanol–water partition coefficient (Wildman–Crippen LogP) is 3.63. The maximum absolute atomic E-state index is 12.8. The molecule has 1 fully saturated rings. The normalized spacial score (nSPS) is 25.1. The van der Waals surface area contributed by atoms with Gasteiger partial charge in [-0.1, -0.05) is 12.5 Å². The summed E-state index contributed by atoms with van der Waals surface area (Å²) in [6.07, 6.45) is -2.21. The standard InChI is InChI=1S/C15H18F3NO2/c16-15(17,18)11-2-1-3-12(7-11)19-8-10-4-5-13-14(6-10)21-9-20-13/h4-6,11-12,19H,1-3,7-9H2. The van der Waals surface area contributed by atoms with Gasteiger partial charge in [-0.3, -0.25) is 0 Å². The second kappa shape index (κ2) is 5.75. The van der Waals surface area contributed by atoms with Crippen molar-refractivity contribution in [3.8, 4) is 11.5 Å². The molecule has 1 aliphatic heterocycles. The molecule has 0 aromatic heterocycles. The number of fused-ring (bicyclic) bond motifs is 1. The molecule has 0 spiro atoms. The summed E-state index contributed by atoms with van der Waals surface area (Å²) in [5.41, 5.74) is 0.994. The highest BCUT2D eigenvalue weighted by atomic mass is 19.4. The van der Waals surface area contributed by atoms with Crippen molar-refractivity contribution < 1.29 is 22.6 Å². The largest absolute Gasteiger partial charge is 0.454 e. The van der Waals surface area contributed by atoms with E-state index in [9.17, 15) is 13.2 Å². The number of hydrogen-bond donors (Lipinski definition) is 1. The van der Waals surface area contributed by atoms with Gasteiger partial charge in [0, 0.05) is 12.6 Å². The maximum atomic E-state index is 12.8. The van der Waals surface area contributed by atoms with E-state index in [1.807, 2.05) is 18.2 Å². The third kappa shape index (κ3) is 3.43. The quantitative estimate of drug-likeness (QED) is 0.925. The van der Waals surface area contributed by atoms with Crippen LogP contribution in [0.3, 0.4) is 0 Å². The van der Waals surface area contributed by atoms with Crippen LogP contribution in [0.2, 0.25) is 0 Å². The van der Waals surface area contributed by atoms with Crippen molar-refractivity contribution in [2.24, 2.45) is 5.92 Å². The topological polar surface area (TPSA) is 30.5 Å². The van der Waals surface area contributed by atoms with Crippen LogP contribution in [-0.4, -0.2) is 19.0 Å². The van der Waals surface area contributed by atoms with E-state index < -0.39 is 12.1 Å². The van der Waals surface area contributed by atoms with Crippen molar-refractivity contribution in [3.05, 3.63) is 23.8 Å². The Kier molecular flexibility index (Phi) is 3.97. The van der Waals surface area contributed by atoms with Gasteiger partial charge >= 0.3 is 6.18 Å². The van der Waals surface area contributed by atoms with Crippen LogP contribution < -0.4 is 14.8 Å². The van der Waals surface area contributed by atoms with E-state index in [1.165, 1.54) is 0 Å². The van der Waals surface area contributed by atoms with Crippen molar-refractivity contribution in [2.45, 2.75) is 44.4 Å². The molecule has 1 N–H and O–H groups in total. The minimum atomic E-state index is -4.07. The Labute approximate surface area is 121 Å². The Hall–Kier alpha value is -1.43. The zero-order valence-corrected chi connectivity index (χ0v) is 11.6. The highest BCUT2D eigenvalue weighted by molar-refractivity contribution is 5.44. The third-order valence-corrected chi connectivity index (χ3v) is 4.17. The molecule has 1 aliphatic carbocycles. The van der Waals surface area contributed by atoms with Crippen molar-refractivity contribution in [3.63, 3.8) is 0 Å². The molecular weight excluding hydrogens is 283 g/mol. The van der Waals surface area contributed by atoms with E-state index >= 15 is 0 Å². The molecule has 1 aromatic carbocycles. The van der Waals surface area contributed by atoms with Gasteiger partial charge in [0.1, 0.15) is 0 Å². The summed E-state index contributed by atoms with van der Waals surface area (Å²) in [5, 5.41) is 3.23. The molecule has 3 nitrogen and oxygen atoms in total. The van der Waals surface area contributed by atoms with Gasteiger partial charge in [0.15, 0.2) is 11.5 Å². The molecule has 2 atom stereocenters. The zero-order chi connectivity index (χ0) is 14.9. The van der Waals surface area contributed by atoms with Crippen molar-refractivity contribution in [1.82, 2.24) is 5.32 Å². The minimum absolute atomic E-state index is 0.0733. The fourth-order valence-corrected chi connectivity index (χ4v) is 2.99. The minimum Gasteiger partial charge on any atom is -0.454 e. The van der Waals surface area contributed by atoms with E-state index in [4.69, 9.17) is 9.47 Å². The number of hydrogen-bond acceptors (Lipinski definition) is 3. The Morgan fingerprint density at radius 2 is 1.95 bits per heavy atom. The van der Waals surface area contributed by atoms with E-state index in [1.54, 1.807) is 0 Å². The molecule has 0 amide bonds. The first kappa shape index (κ1) is 14.5. The summed E-state index contributed by atoms with van der Waals surface area (Å²) >= 11 is 0. The molecule has 0 radical (unpaired) electrons. The fourth-order valence-electron chi connectivity index (χ4n) is 2.99. The Morgan fingerprint density at radius 3 is 2.76 bits per heavy atom. The molecule has 21 heavy (non-hydrogen) atoms. The molecule has 2 unspecified atom stereocenters. The summed E-state index contributed by atoms with van der Waals surface area (Å²) < 4.78 is 48.8. The van der Waals surface area contributed by atoms with Gasteiger partial charge in [0.25, 0.3) is 0 Å². The first-order chi connectivity index (χ1) is 10.0. The number of rotatable bonds is 3. The van der Waals surface area contributed by atoms with Crippen LogP contribution in [0.4, 0.5) is 13.2 Å². The van der Waals surface area contributed by atoms with Gasteiger partial charge in [-0.2, -0.15) is 13.2 Å². The summed E-state index contributed by atoms with van der Waals surface area (Å²) in [5.74, 6) is 0.250. The van der Waals surface area contributed by atoms with Crippen LogP contribution >= 0.6 is 0 Å². The van der Waals surface area contributed by atoms with Gasteiger partial charge in [0.05, 0.1) is 5.92 Å². The molecule has 116 valence electrons. The SMILES string of the molecule is FC(F)(F)C1CCCC(NCc2ccc3c(c2)OCO3)C1. The highest BCUT2D eigenvalue weighted by Gasteiger charge is 2.41. The molecule has 0 bridgehead atoms. The number of benzene rings is 1.